The first-order valence-corrected chi connectivity index (χ1v) is 7.84. The van der Waals surface area contributed by atoms with Crippen LogP contribution in [0.4, 0.5) is 0 Å². The Morgan fingerprint density at radius 2 is 1.75 bits per heavy atom. The second-order valence-corrected chi connectivity index (χ2v) is 5.98. The van der Waals surface area contributed by atoms with E-state index >= 15 is 0 Å². The molecule has 0 fully saturated rings. The van der Waals surface area contributed by atoms with Crippen LogP contribution in [0.3, 0.4) is 0 Å². The summed E-state index contributed by atoms with van der Waals surface area (Å²) in [5, 5.41) is 5.61. The van der Waals surface area contributed by atoms with Gasteiger partial charge in [0.25, 0.3) is 0 Å². The van der Waals surface area contributed by atoms with Gasteiger partial charge in [-0.3, -0.25) is 9.38 Å². The van der Waals surface area contributed by atoms with Crippen LogP contribution >= 0.6 is 0 Å². The van der Waals surface area contributed by atoms with Crippen molar-refractivity contribution in [2.75, 3.05) is 0 Å². The smallest absolute Gasteiger partial charge is 0.145 e. The summed E-state index contributed by atoms with van der Waals surface area (Å²) in [6.45, 7) is 0. The normalized spacial score (nSPS) is 12.2. The highest BCUT2D eigenvalue weighted by atomic mass is 16.3. The van der Waals surface area contributed by atoms with Gasteiger partial charge in [-0.15, -0.1) is 0 Å². The Kier molecular flexibility index (Phi) is 2.07. The van der Waals surface area contributed by atoms with Crippen molar-refractivity contribution >= 4 is 49.3 Å². The van der Waals surface area contributed by atoms with Gasteiger partial charge in [-0.05, 0) is 24.3 Å². The number of fused-ring (bicyclic) bond motifs is 10. The van der Waals surface area contributed by atoms with Crippen LogP contribution in [0, 0.1) is 0 Å². The molecule has 0 aliphatic rings. The van der Waals surface area contributed by atoms with E-state index in [2.05, 4.69) is 26.5 Å². The lowest BCUT2D eigenvalue weighted by molar-refractivity contribution is 0.669. The minimum Gasteiger partial charge on any atom is -0.456 e. The molecule has 6 rings (SSSR count). The van der Waals surface area contributed by atoms with Gasteiger partial charge in [0.15, 0.2) is 0 Å². The van der Waals surface area contributed by atoms with E-state index in [0.717, 1.165) is 49.3 Å². The molecule has 0 aliphatic carbocycles. The number of para-hydroxylation sites is 1. The summed E-state index contributed by atoms with van der Waals surface area (Å²) in [6, 6.07) is 14.3. The standard InChI is InChI=1S/C20H11N3O/c1-2-4-16-14(3-1)18-17(24-16)6-5-12-15-11-21-8-7-13(15)20-22-9-10-23(20)19(12)18/h1-11H. The number of nitrogens with zero attached hydrogens (tertiary/aromatic N) is 3. The fourth-order valence-corrected chi connectivity index (χ4v) is 3.75. The SMILES string of the molecule is c1ccc2c(c1)oc1ccc3c4cnccc4c4nccn4c3c12. The summed E-state index contributed by atoms with van der Waals surface area (Å²) in [5.41, 5.74) is 3.85. The van der Waals surface area contributed by atoms with Gasteiger partial charge in [0.1, 0.15) is 16.8 Å². The molecule has 112 valence electrons. The van der Waals surface area contributed by atoms with Crippen molar-refractivity contribution in [2.24, 2.45) is 0 Å². The van der Waals surface area contributed by atoms with Crippen molar-refractivity contribution in [3.63, 3.8) is 0 Å². The van der Waals surface area contributed by atoms with Crippen LogP contribution in [-0.2, 0) is 0 Å². The Morgan fingerprint density at radius 3 is 2.75 bits per heavy atom. The fraction of sp³-hybridized carbons (Fsp3) is 0. The Balaban J connectivity index is 2.06. The third-order valence-corrected chi connectivity index (χ3v) is 4.75. The minimum atomic E-state index is 0.891. The molecular weight excluding hydrogens is 298 g/mol. The molecule has 0 spiro atoms. The van der Waals surface area contributed by atoms with Crippen molar-refractivity contribution in [1.29, 1.82) is 0 Å². The quantitative estimate of drug-likeness (QED) is 0.373. The topological polar surface area (TPSA) is 43.3 Å². The van der Waals surface area contributed by atoms with Gasteiger partial charge in [0.05, 0.1) is 10.9 Å². The Bertz CT molecular complexity index is 1410. The molecule has 0 atom stereocenters. The largest absolute Gasteiger partial charge is 0.456 e. The van der Waals surface area contributed by atoms with Crippen molar-refractivity contribution in [3.8, 4) is 0 Å². The molecule has 0 aliphatic heterocycles. The van der Waals surface area contributed by atoms with Crippen LogP contribution in [0.2, 0.25) is 0 Å². The van der Waals surface area contributed by atoms with E-state index in [0.29, 0.717) is 0 Å². The number of imidazole rings is 1. The summed E-state index contributed by atoms with van der Waals surface area (Å²) in [7, 11) is 0. The highest BCUT2D eigenvalue weighted by molar-refractivity contribution is 6.24. The predicted octanol–water partition coefficient (Wildman–Crippen LogP) is 4.94. The van der Waals surface area contributed by atoms with E-state index in [1.807, 2.05) is 55.1 Å². The van der Waals surface area contributed by atoms with E-state index in [4.69, 9.17) is 4.42 Å². The monoisotopic (exact) mass is 309 g/mol. The zero-order chi connectivity index (χ0) is 15.7. The number of hydrogen-bond donors (Lipinski definition) is 0. The second kappa shape index (κ2) is 4.11. The van der Waals surface area contributed by atoms with Gasteiger partial charge in [-0.25, -0.2) is 4.98 Å². The number of rotatable bonds is 0. The average Bonchev–Trinajstić information content (AvgIpc) is 3.26. The third kappa shape index (κ3) is 1.34. The summed E-state index contributed by atoms with van der Waals surface area (Å²) in [5.74, 6) is 0. The first kappa shape index (κ1) is 12.1. The molecule has 6 aromatic rings. The summed E-state index contributed by atoms with van der Waals surface area (Å²) >= 11 is 0. The summed E-state index contributed by atoms with van der Waals surface area (Å²) in [4.78, 5) is 8.90. The second-order valence-electron chi connectivity index (χ2n) is 5.98. The lowest BCUT2D eigenvalue weighted by Gasteiger charge is -2.08. The highest BCUT2D eigenvalue weighted by Crippen LogP contribution is 2.37. The number of pyridine rings is 2. The number of benzene rings is 2. The minimum absolute atomic E-state index is 0.891. The molecule has 0 N–H and O–H groups in total. The molecule has 24 heavy (non-hydrogen) atoms. The van der Waals surface area contributed by atoms with Gasteiger partial charge in [-0.2, -0.15) is 0 Å². The molecule has 0 radical (unpaired) electrons. The van der Waals surface area contributed by atoms with Gasteiger partial charge < -0.3 is 4.42 Å². The fourth-order valence-electron chi connectivity index (χ4n) is 3.75. The van der Waals surface area contributed by atoms with Crippen molar-refractivity contribution in [3.05, 3.63) is 67.3 Å². The van der Waals surface area contributed by atoms with E-state index in [9.17, 15) is 0 Å². The highest BCUT2D eigenvalue weighted by Gasteiger charge is 2.16. The van der Waals surface area contributed by atoms with E-state index < -0.39 is 0 Å². The van der Waals surface area contributed by atoms with Crippen LogP contribution < -0.4 is 0 Å². The Morgan fingerprint density at radius 1 is 0.792 bits per heavy atom. The predicted molar refractivity (Wildman–Crippen MR) is 95.3 cm³/mol. The zero-order valence-corrected chi connectivity index (χ0v) is 12.6. The average molecular weight is 309 g/mol. The zero-order valence-electron chi connectivity index (χ0n) is 12.6. The number of aromatic nitrogens is 3. The van der Waals surface area contributed by atoms with Gasteiger partial charge in [-0.1, -0.05) is 18.2 Å². The molecule has 0 saturated carbocycles. The van der Waals surface area contributed by atoms with Gasteiger partial charge in [0, 0.05) is 46.3 Å². The Hall–Kier alpha value is -3.40. The molecule has 2 aromatic carbocycles. The van der Waals surface area contributed by atoms with Crippen LogP contribution in [-0.4, -0.2) is 14.4 Å². The van der Waals surface area contributed by atoms with Gasteiger partial charge >= 0.3 is 0 Å². The molecule has 4 heterocycles. The number of furan rings is 1. The summed E-state index contributed by atoms with van der Waals surface area (Å²) < 4.78 is 8.20. The molecule has 4 heteroatoms. The van der Waals surface area contributed by atoms with E-state index in [1.165, 1.54) is 0 Å². The molecule has 0 unspecified atom stereocenters. The summed E-state index contributed by atoms with van der Waals surface area (Å²) in [6.07, 6.45) is 7.59. The van der Waals surface area contributed by atoms with Crippen LogP contribution in [0.15, 0.2) is 71.7 Å². The lowest BCUT2D eigenvalue weighted by atomic mass is 10.0. The maximum Gasteiger partial charge on any atom is 0.145 e. The molecular formula is C20H11N3O. The van der Waals surface area contributed by atoms with Crippen LogP contribution in [0.25, 0.3) is 49.3 Å². The maximum absolute atomic E-state index is 6.05. The lowest BCUT2D eigenvalue weighted by Crippen LogP contribution is -1.91. The molecule has 4 nitrogen and oxygen atoms in total. The molecule has 0 amide bonds. The van der Waals surface area contributed by atoms with Gasteiger partial charge in [0.2, 0.25) is 0 Å². The first-order chi connectivity index (χ1) is 11.9. The maximum atomic E-state index is 6.05. The molecule has 4 aromatic heterocycles. The third-order valence-electron chi connectivity index (χ3n) is 4.75. The Labute approximate surface area is 136 Å². The molecule has 0 bridgehead atoms. The van der Waals surface area contributed by atoms with Crippen molar-refractivity contribution < 1.29 is 4.42 Å². The van der Waals surface area contributed by atoms with E-state index in [-0.39, 0.29) is 0 Å². The number of hydrogen-bond acceptors (Lipinski definition) is 3. The van der Waals surface area contributed by atoms with Crippen molar-refractivity contribution in [2.45, 2.75) is 0 Å². The van der Waals surface area contributed by atoms with E-state index in [1.54, 1.807) is 0 Å². The first-order valence-electron chi connectivity index (χ1n) is 7.84. The van der Waals surface area contributed by atoms with Crippen LogP contribution in [0.5, 0.6) is 0 Å². The molecule has 0 saturated heterocycles. The van der Waals surface area contributed by atoms with Crippen molar-refractivity contribution in [1.82, 2.24) is 14.4 Å². The van der Waals surface area contributed by atoms with Crippen LogP contribution in [0.1, 0.15) is 0 Å².